The van der Waals surface area contributed by atoms with Gasteiger partial charge in [0.05, 0.1) is 16.8 Å². The fourth-order valence-corrected chi connectivity index (χ4v) is 4.76. The lowest BCUT2D eigenvalue weighted by Crippen LogP contribution is -2.06. The number of hydrogen-bond acceptors (Lipinski definition) is 0. The number of benzene rings is 5. The van der Waals surface area contributed by atoms with E-state index in [0.29, 0.717) is 33.6 Å². The largest absolute Gasteiger partial charge is 0.416 e. The average molecular weight is 524 g/mol. The van der Waals surface area contributed by atoms with Crippen LogP contribution < -0.4 is 0 Å². The normalized spacial score (nSPS) is 11.5. The molecule has 0 radical (unpaired) electrons. The van der Waals surface area contributed by atoms with Gasteiger partial charge in [0.2, 0.25) is 0 Å². The van der Waals surface area contributed by atoms with Gasteiger partial charge in [-0.1, -0.05) is 42.2 Å². The van der Waals surface area contributed by atoms with Crippen molar-refractivity contribution in [2.75, 3.05) is 0 Å². The van der Waals surface area contributed by atoms with Crippen LogP contribution in [-0.4, -0.2) is 4.57 Å². The zero-order valence-corrected chi connectivity index (χ0v) is 20.2. The highest BCUT2D eigenvalue weighted by molar-refractivity contribution is 6.11. The minimum atomic E-state index is -4.52. The number of fused-ring (bicyclic) bond motifs is 3. The number of halogens is 5. The van der Waals surface area contributed by atoms with E-state index in [1.165, 1.54) is 30.3 Å². The maximum absolute atomic E-state index is 13.8. The van der Waals surface area contributed by atoms with Crippen LogP contribution in [0.1, 0.15) is 16.7 Å². The minimum absolute atomic E-state index is 0.312. The predicted molar refractivity (Wildman–Crippen MR) is 144 cm³/mol. The van der Waals surface area contributed by atoms with Gasteiger partial charge in [-0.3, -0.25) is 0 Å². The first kappa shape index (κ1) is 24.4. The van der Waals surface area contributed by atoms with Crippen LogP contribution in [-0.2, 0) is 6.18 Å². The van der Waals surface area contributed by atoms with Crippen molar-refractivity contribution >= 4 is 21.7 Å². The van der Waals surface area contributed by atoms with Crippen LogP contribution in [0.5, 0.6) is 0 Å². The lowest BCUT2D eigenvalue weighted by atomic mass is 10.0. The zero-order valence-electron chi connectivity index (χ0n) is 20.2. The maximum atomic E-state index is 13.8. The van der Waals surface area contributed by atoms with Gasteiger partial charge in [-0.25, -0.2) is 8.78 Å². The summed E-state index contributed by atoms with van der Waals surface area (Å²) in [5.74, 6) is 5.46. The molecule has 0 amide bonds. The third-order valence-corrected chi connectivity index (χ3v) is 6.58. The van der Waals surface area contributed by atoms with E-state index < -0.39 is 17.6 Å². The number of alkyl halides is 3. The first-order valence-corrected chi connectivity index (χ1v) is 12.1. The smallest absolute Gasteiger partial charge is 0.309 e. The molecule has 190 valence electrons. The van der Waals surface area contributed by atoms with Crippen LogP contribution >= 0.6 is 0 Å². The molecule has 0 aliphatic rings. The van der Waals surface area contributed by atoms with Crippen LogP contribution in [0.2, 0.25) is 0 Å². The van der Waals surface area contributed by atoms with E-state index in [4.69, 9.17) is 0 Å². The summed E-state index contributed by atoms with van der Waals surface area (Å²) < 4.78 is 69.8. The number of nitrogens with zero attached hydrogens (tertiary/aromatic N) is 1. The number of aromatic nitrogens is 1. The second-order valence-electron chi connectivity index (χ2n) is 9.08. The molecule has 0 aliphatic heterocycles. The Labute approximate surface area is 220 Å². The average Bonchev–Trinajstić information content (AvgIpc) is 3.32. The van der Waals surface area contributed by atoms with Gasteiger partial charge in [-0.05, 0) is 95.2 Å². The molecule has 6 heteroatoms. The van der Waals surface area contributed by atoms with Crippen molar-refractivity contribution in [3.05, 3.63) is 138 Å². The second kappa shape index (κ2) is 9.45. The first-order chi connectivity index (χ1) is 18.8. The van der Waals surface area contributed by atoms with Gasteiger partial charge in [0.1, 0.15) is 11.6 Å². The molecule has 0 aliphatic carbocycles. The van der Waals surface area contributed by atoms with Gasteiger partial charge in [0.15, 0.2) is 0 Å². The van der Waals surface area contributed by atoms with E-state index >= 15 is 0 Å². The van der Waals surface area contributed by atoms with Crippen molar-refractivity contribution in [2.45, 2.75) is 6.18 Å². The predicted octanol–water partition coefficient (Wildman–Crippen LogP) is 9.15. The molecule has 0 unspecified atom stereocenters. The molecule has 0 fully saturated rings. The molecule has 1 heterocycles. The Morgan fingerprint density at radius 1 is 0.590 bits per heavy atom. The number of rotatable bonds is 2. The fourth-order valence-electron chi connectivity index (χ4n) is 4.76. The van der Waals surface area contributed by atoms with Gasteiger partial charge >= 0.3 is 6.18 Å². The van der Waals surface area contributed by atoms with Crippen LogP contribution in [0.3, 0.4) is 0 Å². The molecule has 0 saturated heterocycles. The summed E-state index contributed by atoms with van der Waals surface area (Å²) in [5.41, 5.74) is 2.73. The highest BCUT2D eigenvalue weighted by Gasteiger charge is 2.31. The molecule has 1 aromatic heterocycles. The van der Waals surface area contributed by atoms with Crippen molar-refractivity contribution in [3.63, 3.8) is 0 Å². The van der Waals surface area contributed by atoms with Crippen molar-refractivity contribution in [1.82, 2.24) is 4.57 Å². The Morgan fingerprint density at radius 3 is 1.95 bits per heavy atom. The van der Waals surface area contributed by atoms with Crippen LogP contribution in [0.25, 0.3) is 38.6 Å². The molecular formula is C33H18F5N. The van der Waals surface area contributed by atoms with E-state index in [-0.39, 0.29) is 5.82 Å². The third-order valence-electron chi connectivity index (χ3n) is 6.58. The third kappa shape index (κ3) is 4.64. The van der Waals surface area contributed by atoms with E-state index in [1.807, 2.05) is 36.4 Å². The Hall–Kier alpha value is -4.89. The zero-order chi connectivity index (χ0) is 27.1. The molecule has 0 bridgehead atoms. The molecule has 6 rings (SSSR count). The molecular weight excluding hydrogens is 505 g/mol. The molecule has 5 aromatic carbocycles. The molecule has 0 N–H and O–H groups in total. The lowest BCUT2D eigenvalue weighted by Gasteiger charge is -2.14. The quantitative estimate of drug-likeness (QED) is 0.158. The van der Waals surface area contributed by atoms with E-state index in [2.05, 4.69) is 11.8 Å². The van der Waals surface area contributed by atoms with E-state index in [9.17, 15) is 22.0 Å². The first-order valence-electron chi connectivity index (χ1n) is 12.1. The standard InChI is InChI=1S/C33H18F5N/c34-25-14-9-21(10-15-25)8-11-23-18-32-30(29-7-2-1-6-28(23)29)20-31(22-12-16-26(35)17-13-22)39(32)27-5-3-4-24(19-27)33(36,37)38/h1-7,9-10,12-20H. The van der Waals surface area contributed by atoms with E-state index in [1.54, 1.807) is 34.9 Å². The number of hydrogen-bond donors (Lipinski definition) is 0. The molecule has 39 heavy (non-hydrogen) atoms. The Balaban J connectivity index is 1.67. The monoisotopic (exact) mass is 523 g/mol. The Bertz CT molecular complexity index is 1900. The van der Waals surface area contributed by atoms with Crippen molar-refractivity contribution in [1.29, 1.82) is 0 Å². The van der Waals surface area contributed by atoms with Crippen molar-refractivity contribution in [2.24, 2.45) is 0 Å². The van der Waals surface area contributed by atoms with Crippen LogP contribution in [0.4, 0.5) is 22.0 Å². The summed E-state index contributed by atoms with van der Waals surface area (Å²) in [5, 5.41) is 2.55. The molecule has 6 aromatic rings. The summed E-state index contributed by atoms with van der Waals surface area (Å²) in [7, 11) is 0. The SMILES string of the molecule is Fc1ccc(C#Cc2cc3c(cc(-c4ccc(F)cc4)n3-c3cccc(C(F)(F)F)c3)c3ccccc23)cc1. The van der Waals surface area contributed by atoms with Crippen molar-refractivity contribution < 1.29 is 22.0 Å². The summed E-state index contributed by atoms with van der Waals surface area (Å²) >= 11 is 0. The van der Waals surface area contributed by atoms with Gasteiger partial charge in [0, 0.05) is 22.2 Å². The molecule has 1 nitrogen and oxygen atoms in total. The minimum Gasteiger partial charge on any atom is -0.309 e. The molecule has 0 spiro atoms. The highest BCUT2D eigenvalue weighted by atomic mass is 19.4. The second-order valence-corrected chi connectivity index (χ2v) is 9.08. The molecule has 0 saturated carbocycles. The topological polar surface area (TPSA) is 4.93 Å². The Kier molecular flexibility index (Phi) is 5.92. The Morgan fingerprint density at radius 2 is 1.26 bits per heavy atom. The van der Waals surface area contributed by atoms with Gasteiger partial charge in [-0.2, -0.15) is 13.2 Å². The van der Waals surface area contributed by atoms with Gasteiger partial charge < -0.3 is 4.57 Å². The van der Waals surface area contributed by atoms with Crippen LogP contribution in [0.15, 0.2) is 109 Å². The summed E-state index contributed by atoms with van der Waals surface area (Å²) in [4.78, 5) is 0. The lowest BCUT2D eigenvalue weighted by molar-refractivity contribution is -0.137. The summed E-state index contributed by atoms with van der Waals surface area (Å²) in [6.07, 6.45) is -4.52. The maximum Gasteiger partial charge on any atom is 0.416 e. The van der Waals surface area contributed by atoms with Gasteiger partial charge in [0.25, 0.3) is 0 Å². The summed E-state index contributed by atoms with van der Waals surface area (Å²) in [6, 6.07) is 28.2. The van der Waals surface area contributed by atoms with Crippen LogP contribution in [0, 0.1) is 23.5 Å². The fraction of sp³-hybridized carbons (Fsp3) is 0.0303. The summed E-state index contributed by atoms with van der Waals surface area (Å²) in [6.45, 7) is 0. The van der Waals surface area contributed by atoms with Crippen molar-refractivity contribution in [3.8, 4) is 28.8 Å². The van der Waals surface area contributed by atoms with E-state index in [0.717, 1.165) is 28.3 Å². The van der Waals surface area contributed by atoms with Gasteiger partial charge in [-0.15, -0.1) is 0 Å². The highest BCUT2D eigenvalue weighted by Crippen LogP contribution is 2.38. The molecule has 0 atom stereocenters.